The first kappa shape index (κ1) is 13.0. The second-order valence-electron chi connectivity index (χ2n) is 3.98. The predicted molar refractivity (Wildman–Crippen MR) is 64.0 cm³/mol. The Bertz CT molecular complexity index is 287. The van der Waals surface area contributed by atoms with E-state index < -0.39 is 0 Å². The summed E-state index contributed by atoms with van der Waals surface area (Å²) in [6.45, 7) is 4.67. The fourth-order valence-electron chi connectivity index (χ4n) is 1.66. The van der Waals surface area contributed by atoms with Gasteiger partial charge in [-0.15, -0.1) is 5.10 Å². The summed E-state index contributed by atoms with van der Waals surface area (Å²) in [6.07, 6.45) is 5.85. The maximum Gasteiger partial charge on any atom is 0.315 e. The van der Waals surface area contributed by atoms with Gasteiger partial charge in [-0.25, -0.2) is 0 Å². The van der Waals surface area contributed by atoms with Crippen LogP contribution in [-0.4, -0.2) is 16.2 Å². The van der Waals surface area contributed by atoms with Crippen LogP contribution in [0.1, 0.15) is 51.8 Å². The molecule has 0 saturated heterocycles. The molecule has 0 spiro atoms. The highest BCUT2D eigenvalue weighted by Gasteiger charge is 2.11. The minimum Gasteiger partial charge on any atom is -0.407 e. The van der Waals surface area contributed by atoms with E-state index in [1.54, 1.807) is 0 Å². The van der Waals surface area contributed by atoms with E-state index in [9.17, 15) is 0 Å². The highest BCUT2D eigenvalue weighted by Crippen LogP contribution is 2.13. The second-order valence-corrected chi connectivity index (χ2v) is 3.98. The van der Waals surface area contributed by atoms with Crippen LogP contribution in [0.4, 0.5) is 6.01 Å². The highest BCUT2D eigenvalue weighted by molar-refractivity contribution is 5.19. The third kappa shape index (κ3) is 4.18. The molecule has 1 aromatic rings. The Labute approximate surface area is 96.8 Å². The number of unbranched alkanes of at least 4 members (excludes halogenated alkanes) is 1. The van der Waals surface area contributed by atoms with Crippen LogP contribution in [0.25, 0.3) is 0 Å². The lowest BCUT2D eigenvalue weighted by molar-refractivity contribution is 0.485. The predicted octanol–water partition coefficient (Wildman–Crippen LogP) is 2.30. The van der Waals surface area contributed by atoms with Crippen molar-refractivity contribution in [2.24, 2.45) is 5.73 Å². The molecule has 1 unspecified atom stereocenters. The summed E-state index contributed by atoms with van der Waals surface area (Å²) < 4.78 is 5.33. The first-order chi connectivity index (χ1) is 7.80. The molecule has 5 heteroatoms. The van der Waals surface area contributed by atoms with E-state index in [4.69, 9.17) is 10.2 Å². The number of rotatable bonds is 8. The van der Waals surface area contributed by atoms with Crippen molar-refractivity contribution in [2.45, 2.75) is 58.5 Å². The molecule has 1 heterocycles. The molecule has 0 bridgehead atoms. The quantitative estimate of drug-likeness (QED) is 0.711. The van der Waals surface area contributed by atoms with Crippen molar-refractivity contribution in [3.05, 3.63) is 5.89 Å². The number of nitrogens with two attached hydrogens (primary N) is 1. The van der Waals surface area contributed by atoms with Crippen molar-refractivity contribution in [1.29, 1.82) is 0 Å². The topological polar surface area (TPSA) is 77.0 Å². The van der Waals surface area contributed by atoms with E-state index in [0.717, 1.165) is 19.3 Å². The van der Waals surface area contributed by atoms with Crippen LogP contribution in [0.15, 0.2) is 4.42 Å². The molecular formula is C11H22N4O. The molecule has 0 aliphatic heterocycles. The van der Waals surface area contributed by atoms with Gasteiger partial charge in [-0.3, -0.25) is 0 Å². The molecule has 0 aliphatic carbocycles. The van der Waals surface area contributed by atoms with E-state index in [1.807, 2.05) is 0 Å². The Balaban J connectivity index is 2.46. The Hall–Kier alpha value is -1.10. The van der Waals surface area contributed by atoms with Gasteiger partial charge in [0.15, 0.2) is 0 Å². The minimum atomic E-state index is 0.294. The molecular weight excluding hydrogens is 204 g/mol. The Morgan fingerprint density at radius 1 is 1.25 bits per heavy atom. The largest absolute Gasteiger partial charge is 0.407 e. The van der Waals surface area contributed by atoms with Gasteiger partial charge >= 0.3 is 6.01 Å². The lowest BCUT2D eigenvalue weighted by atomic mass is 10.1. The number of hydrogen-bond donors (Lipinski definition) is 2. The van der Waals surface area contributed by atoms with Crippen LogP contribution in [0.2, 0.25) is 0 Å². The monoisotopic (exact) mass is 226 g/mol. The molecule has 0 fully saturated rings. The smallest absolute Gasteiger partial charge is 0.315 e. The van der Waals surface area contributed by atoms with Crippen LogP contribution in [-0.2, 0) is 6.54 Å². The summed E-state index contributed by atoms with van der Waals surface area (Å²) in [5.74, 6) is 0.480. The van der Waals surface area contributed by atoms with Crippen LogP contribution in [0.5, 0.6) is 0 Å². The lowest BCUT2D eigenvalue weighted by Gasteiger charge is -2.15. The zero-order chi connectivity index (χ0) is 11.8. The highest BCUT2D eigenvalue weighted by atomic mass is 16.4. The minimum absolute atomic E-state index is 0.294. The number of nitrogens with zero attached hydrogens (tertiary/aromatic N) is 2. The van der Waals surface area contributed by atoms with Gasteiger partial charge in [0, 0.05) is 6.04 Å². The van der Waals surface area contributed by atoms with Gasteiger partial charge < -0.3 is 15.5 Å². The van der Waals surface area contributed by atoms with Gasteiger partial charge in [-0.1, -0.05) is 38.2 Å². The maximum absolute atomic E-state index is 5.41. The molecule has 1 atom stereocenters. The van der Waals surface area contributed by atoms with Crippen molar-refractivity contribution < 1.29 is 4.42 Å². The standard InChI is InChI=1S/C11H22N4O/c1-3-5-7-9(6-4-2)13-11-15-14-10(8-12)16-11/h9H,3-8,12H2,1-2H3,(H,13,15). The summed E-state index contributed by atoms with van der Waals surface area (Å²) in [5, 5.41) is 11.0. The van der Waals surface area contributed by atoms with Crippen LogP contribution in [0, 0.1) is 0 Å². The van der Waals surface area contributed by atoms with E-state index >= 15 is 0 Å². The molecule has 5 nitrogen and oxygen atoms in total. The van der Waals surface area contributed by atoms with Crippen molar-refractivity contribution in [3.8, 4) is 0 Å². The third-order valence-corrected chi connectivity index (χ3v) is 2.51. The van der Waals surface area contributed by atoms with Gasteiger partial charge in [0.2, 0.25) is 5.89 Å². The average Bonchev–Trinajstić information content (AvgIpc) is 2.74. The average molecular weight is 226 g/mol. The Morgan fingerprint density at radius 3 is 2.62 bits per heavy atom. The second kappa shape index (κ2) is 7.22. The van der Waals surface area contributed by atoms with E-state index in [-0.39, 0.29) is 0 Å². The summed E-state index contributed by atoms with van der Waals surface area (Å²) in [7, 11) is 0. The van der Waals surface area contributed by atoms with Gasteiger partial charge in [-0.2, -0.15) is 0 Å². The van der Waals surface area contributed by atoms with Crippen molar-refractivity contribution in [1.82, 2.24) is 10.2 Å². The molecule has 16 heavy (non-hydrogen) atoms. The molecule has 0 amide bonds. The molecule has 0 radical (unpaired) electrons. The molecule has 0 saturated carbocycles. The fourth-order valence-corrected chi connectivity index (χ4v) is 1.66. The van der Waals surface area contributed by atoms with Crippen LogP contribution < -0.4 is 11.1 Å². The molecule has 1 aromatic heterocycles. The zero-order valence-electron chi connectivity index (χ0n) is 10.2. The fraction of sp³-hybridized carbons (Fsp3) is 0.818. The van der Waals surface area contributed by atoms with Crippen LogP contribution in [0.3, 0.4) is 0 Å². The lowest BCUT2D eigenvalue weighted by Crippen LogP contribution is -2.19. The van der Waals surface area contributed by atoms with Crippen molar-refractivity contribution >= 4 is 6.01 Å². The Morgan fingerprint density at radius 2 is 2.06 bits per heavy atom. The van der Waals surface area contributed by atoms with Crippen molar-refractivity contribution in [2.75, 3.05) is 5.32 Å². The van der Waals surface area contributed by atoms with Crippen molar-refractivity contribution in [3.63, 3.8) is 0 Å². The first-order valence-electron chi connectivity index (χ1n) is 6.09. The van der Waals surface area contributed by atoms with Crippen LogP contribution >= 0.6 is 0 Å². The van der Waals surface area contributed by atoms with Gasteiger partial charge in [0.05, 0.1) is 6.54 Å². The number of nitrogens with one attached hydrogen (secondary N) is 1. The van der Waals surface area contributed by atoms with Gasteiger partial charge in [-0.05, 0) is 12.8 Å². The van der Waals surface area contributed by atoms with E-state index in [1.165, 1.54) is 12.8 Å². The molecule has 0 aliphatic rings. The molecule has 3 N–H and O–H groups in total. The van der Waals surface area contributed by atoms with E-state index in [0.29, 0.717) is 24.5 Å². The van der Waals surface area contributed by atoms with E-state index in [2.05, 4.69) is 29.4 Å². The molecule has 1 rings (SSSR count). The number of hydrogen-bond acceptors (Lipinski definition) is 5. The molecule has 0 aromatic carbocycles. The summed E-state index contributed by atoms with van der Waals surface area (Å²) in [4.78, 5) is 0. The number of anilines is 1. The van der Waals surface area contributed by atoms with Gasteiger partial charge in [0.25, 0.3) is 0 Å². The van der Waals surface area contributed by atoms with Gasteiger partial charge in [0.1, 0.15) is 0 Å². The third-order valence-electron chi connectivity index (χ3n) is 2.51. The first-order valence-corrected chi connectivity index (χ1v) is 6.09. The summed E-state index contributed by atoms with van der Waals surface area (Å²) in [5.41, 5.74) is 5.41. The number of aromatic nitrogens is 2. The molecule has 92 valence electrons. The summed E-state index contributed by atoms with van der Waals surface area (Å²) in [6, 6.07) is 0.922. The normalized spacial score (nSPS) is 12.7. The Kier molecular flexibility index (Phi) is 5.85. The SMILES string of the molecule is CCCCC(CCC)Nc1nnc(CN)o1. The zero-order valence-corrected chi connectivity index (χ0v) is 10.2. The summed E-state index contributed by atoms with van der Waals surface area (Å²) >= 11 is 0. The maximum atomic E-state index is 5.41.